The zero-order valence-electron chi connectivity index (χ0n) is 14.5. The number of ether oxygens (including phenoxy) is 1. The molecule has 0 fully saturated rings. The number of alkyl halides is 6. The Balaban J connectivity index is 3.24. The summed E-state index contributed by atoms with van der Waals surface area (Å²) in [4.78, 5) is 23.0. The molecular formula is C18H18F6O3. The number of halogens is 6. The Morgan fingerprint density at radius 1 is 1.11 bits per heavy atom. The number of carbonyl (C=O) groups is 2. The average Bonchev–Trinajstić information content (AvgIpc) is 2.58. The Bertz CT molecular complexity index is 668. The fraction of sp³-hybridized carbons (Fsp3) is 0.444. The highest BCUT2D eigenvalue weighted by atomic mass is 19.4. The van der Waals surface area contributed by atoms with Crippen LogP contribution in [0.3, 0.4) is 0 Å². The van der Waals surface area contributed by atoms with Gasteiger partial charge in [0.2, 0.25) is 0 Å². The van der Waals surface area contributed by atoms with Crippen LogP contribution in [0.4, 0.5) is 26.3 Å². The first kappa shape index (κ1) is 22.7. The first-order valence-electron chi connectivity index (χ1n) is 7.86. The molecule has 0 saturated carbocycles. The molecule has 9 heteroatoms. The molecule has 0 heterocycles. The second kappa shape index (κ2) is 9.05. The lowest BCUT2D eigenvalue weighted by Gasteiger charge is -2.27. The largest absolute Gasteiger partial charge is 0.469 e. The molecule has 0 aliphatic heterocycles. The van der Waals surface area contributed by atoms with Crippen molar-refractivity contribution in [1.29, 1.82) is 0 Å². The molecule has 150 valence electrons. The van der Waals surface area contributed by atoms with Crippen molar-refractivity contribution in [3.05, 3.63) is 47.6 Å². The van der Waals surface area contributed by atoms with E-state index in [0.29, 0.717) is 18.4 Å². The lowest BCUT2D eigenvalue weighted by Crippen LogP contribution is -2.32. The lowest BCUT2D eigenvalue weighted by molar-refractivity contribution is -0.149. The fourth-order valence-corrected chi connectivity index (χ4v) is 2.65. The molecule has 3 unspecified atom stereocenters. The predicted molar refractivity (Wildman–Crippen MR) is 85.4 cm³/mol. The SMILES string of the molecule is C\C=C(/C=C(\C=C\C1C=CCC(C(=O)OC)C1C=O)C(F)(F)F)C(F)(F)F. The fourth-order valence-electron chi connectivity index (χ4n) is 2.65. The van der Waals surface area contributed by atoms with Crippen LogP contribution >= 0.6 is 0 Å². The van der Waals surface area contributed by atoms with Gasteiger partial charge in [-0.3, -0.25) is 4.79 Å². The summed E-state index contributed by atoms with van der Waals surface area (Å²) in [6.07, 6.45) is -4.43. The molecular weight excluding hydrogens is 378 g/mol. The van der Waals surface area contributed by atoms with Gasteiger partial charge >= 0.3 is 18.3 Å². The zero-order valence-corrected chi connectivity index (χ0v) is 14.5. The van der Waals surface area contributed by atoms with Gasteiger partial charge in [-0.2, -0.15) is 26.3 Å². The van der Waals surface area contributed by atoms with Crippen LogP contribution in [0.15, 0.2) is 47.6 Å². The van der Waals surface area contributed by atoms with Gasteiger partial charge in [-0.1, -0.05) is 30.4 Å². The van der Waals surface area contributed by atoms with E-state index in [0.717, 1.165) is 20.1 Å². The van der Waals surface area contributed by atoms with E-state index in [4.69, 9.17) is 0 Å². The first-order chi connectivity index (χ1) is 12.5. The van der Waals surface area contributed by atoms with Gasteiger partial charge in [0.25, 0.3) is 0 Å². The molecule has 0 aromatic heterocycles. The van der Waals surface area contributed by atoms with Crippen LogP contribution in [0, 0.1) is 17.8 Å². The van der Waals surface area contributed by atoms with Crippen LogP contribution in [0.25, 0.3) is 0 Å². The Morgan fingerprint density at radius 3 is 2.15 bits per heavy atom. The predicted octanol–water partition coefficient (Wildman–Crippen LogP) is 4.72. The molecule has 0 bridgehead atoms. The highest BCUT2D eigenvalue weighted by Gasteiger charge is 2.38. The van der Waals surface area contributed by atoms with E-state index in [2.05, 4.69) is 4.74 Å². The lowest BCUT2D eigenvalue weighted by atomic mass is 9.76. The molecule has 3 nitrogen and oxygen atoms in total. The molecule has 0 radical (unpaired) electrons. The molecule has 0 amide bonds. The van der Waals surface area contributed by atoms with Crippen molar-refractivity contribution in [2.45, 2.75) is 25.7 Å². The third-order valence-electron chi connectivity index (χ3n) is 4.09. The maximum atomic E-state index is 13.1. The van der Waals surface area contributed by atoms with Crippen molar-refractivity contribution >= 4 is 12.3 Å². The Kier molecular flexibility index (Phi) is 7.62. The number of aldehydes is 1. The molecule has 3 atom stereocenters. The van der Waals surface area contributed by atoms with Crippen LogP contribution in [-0.4, -0.2) is 31.7 Å². The van der Waals surface area contributed by atoms with Crippen LogP contribution < -0.4 is 0 Å². The second-order valence-electron chi connectivity index (χ2n) is 5.78. The third kappa shape index (κ3) is 6.11. The van der Waals surface area contributed by atoms with Crippen molar-refractivity contribution in [3.8, 4) is 0 Å². The van der Waals surface area contributed by atoms with E-state index in [1.165, 1.54) is 12.2 Å². The van der Waals surface area contributed by atoms with E-state index in [1.54, 1.807) is 0 Å². The summed E-state index contributed by atoms with van der Waals surface area (Å²) < 4.78 is 82.2. The van der Waals surface area contributed by atoms with E-state index >= 15 is 0 Å². The van der Waals surface area contributed by atoms with Gasteiger partial charge in [-0.05, 0) is 19.4 Å². The third-order valence-corrected chi connectivity index (χ3v) is 4.09. The minimum absolute atomic E-state index is 0.00323. The van der Waals surface area contributed by atoms with Gasteiger partial charge in [0.1, 0.15) is 6.29 Å². The first-order valence-corrected chi connectivity index (χ1v) is 7.86. The molecule has 0 spiro atoms. The maximum absolute atomic E-state index is 13.1. The van der Waals surface area contributed by atoms with Crippen molar-refractivity contribution < 1.29 is 40.7 Å². The summed E-state index contributed by atoms with van der Waals surface area (Å²) in [5.74, 6) is -3.41. The van der Waals surface area contributed by atoms with Gasteiger partial charge in [0.05, 0.1) is 24.2 Å². The highest BCUT2D eigenvalue weighted by Crippen LogP contribution is 2.35. The van der Waals surface area contributed by atoms with Gasteiger partial charge in [0.15, 0.2) is 0 Å². The maximum Gasteiger partial charge on any atom is 0.416 e. The number of carbonyl (C=O) groups excluding carboxylic acids is 2. The van der Waals surface area contributed by atoms with Gasteiger partial charge in [-0.25, -0.2) is 0 Å². The van der Waals surface area contributed by atoms with Crippen molar-refractivity contribution in [1.82, 2.24) is 0 Å². The number of allylic oxidation sites excluding steroid dienone is 8. The summed E-state index contributed by atoms with van der Waals surface area (Å²) in [5.41, 5.74) is -2.97. The smallest absolute Gasteiger partial charge is 0.416 e. The molecule has 0 N–H and O–H groups in total. The topological polar surface area (TPSA) is 43.4 Å². The number of esters is 1. The summed E-state index contributed by atoms with van der Waals surface area (Å²) >= 11 is 0. The van der Waals surface area contributed by atoms with Crippen LogP contribution in [0.2, 0.25) is 0 Å². The highest BCUT2D eigenvalue weighted by molar-refractivity contribution is 5.77. The van der Waals surface area contributed by atoms with Crippen LogP contribution in [0.5, 0.6) is 0 Å². The van der Waals surface area contributed by atoms with E-state index < -0.39 is 47.2 Å². The minimum Gasteiger partial charge on any atom is -0.469 e. The van der Waals surface area contributed by atoms with Gasteiger partial charge < -0.3 is 9.53 Å². The van der Waals surface area contributed by atoms with E-state index in [1.807, 2.05) is 0 Å². The molecule has 1 aliphatic carbocycles. The Hall–Kier alpha value is -2.32. The van der Waals surface area contributed by atoms with Gasteiger partial charge in [0, 0.05) is 11.8 Å². The van der Waals surface area contributed by atoms with Crippen molar-refractivity contribution in [3.63, 3.8) is 0 Å². The van der Waals surface area contributed by atoms with Crippen molar-refractivity contribution in [2.24, 2.45) is 17.8 Å². The van der Waals surface area contributed by atoms with Crippen LogP contribution in [0.1, 0.15) is 13.3 Å². The molecule has 0 saturated heterocycles. The second-order valence-corrected chi connectivity index (χ2v) is 5.78. The summed E-state index contributed by atoms with van der Waals surface area (Å²) in [5, 5.41) is 0. The number of rotatable bonds is 5. The quantitative estimate of drug-likeness (QED) is 0.222. The number of hydrogen-bond acceptors (Lipinski definition) is 3. The molecule has 0 aromatic rings. The Morgan fingerprint density at radius 2 is 1.70 bits per heavy atom. The zero-order chi connectivity index (χ0) is 20.8. The van der Waals surface area contributed by atoms with E-state index in [9.17, 15) is 35.9 Å². The van der Waals surface area contributed by atoms with E-state index in [-0.39, 0.29) is 12.5 Å². The molecule has 1 aliphatic rings. The number of methoxy groups -OCH3 is 1. The normalized spacial score (nSPS) is 25.0. The summed E-state index contributed by atoms with van der Waals surface area (Å²) in [7, 11) is 1.12. The Labute approximate surface area is 152 Å². The molecule has 1 rings (SSSR count). The van der Waals surface area contributed by atoms with Gasteiger partial charge in [-0.15, -0.1) is 0 Å². The molecule has 0 aromatic carbocycles. The number of hydrogen-bond donors (Lipinski definition) is 0. The summed E-state index contributed by atoms with van der Waals surface area (Å²) in [6.45, 7) is 0.976. The van der Waals surface area contributed by atoms with Crippen molar-refractivity contribution in [2.75, 3.05) is 7.11 Å². The van der Waals surface area contributed by atoms with Crippen LogP contribution in [-0.2, 0) is 14.3 Å². The molecule has 27 heavy (non-hydrogen) atoms. The average molecular weight is 396 g/mol. The standard InChI is InChI=1S/C18H18F6O3/c1-3-12(17(19,20)21)9-13(18(22,23)24)8-7-11-5-4-6-14(15(11)10-25)16(26)27-2/h3-5,7-11,14-15H,6H2,1-2H3/b8-7+,12-3+,13-9+. The minimum atomic E-state index is -5.03. The monoisotopic (exact) mass is 396 g/mol. The summed E-state index contributed by atoms with van der Waals surface area (Å²) in [6, 6.07) is 0.